The van der Waals surface area contributed by atoms with Crippen LogP contribution < -0.4 is 20.9 Å². The standard InChI is InChI=1S/C27H28ClN5O5S.CH4/c1-27(2,3)31-26(36)30-18-8-5-7-16(13-18)15-33-21-11-10-17(28)14-20(21)22(19-9-6-12-29-24(19)34)23(33)25(35)32-39(4,37)38;/h5-14H,15H2,1-4H3,(H,29,34)(H,32,35)(H2,30,31,36);1H4. The zero-order valence-electron chi connectivity index (χ0n) is 21.8. The Morgan fingerprint density at radius 1 is 1.05 bits per heavy atom. The molecule has 0 atom stereocenters. The van der Waals surface area contributed by atoms with Crippen molar-refractivity contribution in [2.75, 3.05) is 11.6 Å². The van der Waals surface area contributed by atoms with E-state index in [0.29, 0.717) is 27.2 Å². The van der Waals surface area contributed by atoms with Crippen molar-refractivity contribution >= 4 is 50.2 Å². The number of anilines is 1. The van der Waals surface area contributed by atoms with Crippen molar-refractivity contribution in [2.45, 2.75) is 40.3 Å². The van der Waals surface area contributed by atoms with Crippen LogP contribution in [-0.4, -0.2) is 41.7 Å². The van der Waals surface area contributed by atoms with Crippen molar-refractivity contribution in [3.05, 3.63) is 87.4 Å². The molecule has 0 saturated heterocycles. The van der Waals surface area contributed by atoms with E-state index < -0.39 is 27.0 Å². The first kappa shape index (κ1) is 30.5. The summed E-state index contributed by atoms with van der Waals surface area (Å²) in [7, 11) is -3.93. The number of rotatable bonds is 6. The van der Waals surface area contributed by atoms with E-state index in [9.17, 15) is 22.8 Å². The van der Waals surface area contributed by atoms with Crippen LogP contribution in [0.2, 0.25) is 5.02 Å². The second-order valence-electron chi connectivity index (χ2n) is 10.1. The summed E-state index contributed by atoms with van der Waals surface area (Å²) in [5.41, 5.74) is 1.29. The lowest BCUT2D eigenvalue weighted by Crippen LogP contribution is -2.43. The highest BCUT2D eigenvalue weighted by molar-refractivity contribution is 7.89. The van der Waals surface area contributed by atoms with Crippen molar-refractivity contribution in [1.29, 1.82) is 0 Å². The number of fused-ring (bicyclic) bond motifs is 1. The minimum atomic E-state index is -3.93. The Hall–Kier alpha value is -4.09. The SMILES string of the molecule is C.CC(C)(C)NC(=O)Nc1cccc(Cn2c(C(=O)NS(C)(=O)=O)c(-c3ccc[nH]c3=O)c3cc(Cl)ccc32)c1. The lowest BCUT2D eigenvalue weighted by Gasteiger charge is -2.21. The molecular formula is C28H32ClN5O5S. The van der Waals surface area contributed by atoms with Gasteiger partial charge in [0.05, 0.1) is 6.26 Å². The quantitative estimate of drug-likeness (QED) is 0.253. The summed E-state index contributed by atoms with van der Waals surface area (Å²) in [6.45, 7) is 5.71. The van der Waals surface area contributed by atoms with Gasteiger partial charge >= 0.3 is 6.03 Å². The molecule has 0 aliphatic carbocycles. The topological polar surface area (TPSA) is 142 Å². The van der Waals surface area contributed by atoms with Gasteiger partial charge in [-0.3, -0.25) is 9.59 Å². The van der Waals surface area contributed by atoms with Crippen LogP contribution in [0, 0.1) is 0 Å². The zero-order chi connectivity index (χ0) is 28.5. The molecule has 2 aromatic heterocycles. The maximum atomic E-state index is 13.5. The number of sulfonamides is 1. The lowest BCUT2D eigenvalue weighted by molar-refractivity contribution is 0.0974. The van der Waals surface area contributed by atoms with E-state index in [-0.39, 0.29) is 36.8 Å². The number of nitrogens with zero attached hydrogens (tertiary/aromatic N) is 1. The number of H-pyrrole nitrogens is 1. The van der Waals surface area contributed by atoms with Gasteiger partial charge in [-0.1, -0.05) is 31.2 Å². The predicted molar refractivity (Wildman–Crippen MR) is 159 cm³/mol. The number of urea groups is 1. The number of amides is 3. The number of benzene rings is 2. The molecule has 0 spiro atoms. The normalized spacial score (nSPS) is 11.5. The van der Waals surface area contributed by atoms with E-state index in [2.05, 4.69) is 15.6 Å². The van der Waals surface area contributed by atoms with Gasteiger partial charge in [-0.05, 0) is 68.8 Å². The van der Waals surface area contributed by atoms with Gasteiger partial charge in [-0.2, -0.15) is 0 Å². The Morgan fingerprint density at radius 2 is 1.77 bits per heavy atom. The summed E-state index contributed by atoms with van der Waals surface area (Å²) < 4.78 is 27.7. The molecule has 0 fully saturated rings. The number of carbonyl (C=O) groups is 2. The Balaban J connectivity index is 0.00000441. The minimum Gasteiger partial charge on any atom is -0.333 e. The molecular weight excluding hydrogens is 554 g/mol. The van der Waals surface area contributed by atoms with E-state index in [1.54, 1.807) is 53.1 Å². The van der Waals surface area contributed by atoms with Gasteiger partial charge in [0.15, 0.2) is 0 Å². The van der Waals surface area contributed by atoms with Crippen molar-refractivity contribution in [3.8, 4) is 11.1 Å². The molecule has 0 saturated carbocycles. The molecule has 212 valence electrons. The number of nitrogens with one attached hydrogen (secondary N) is 4. The van der Waals surface area contributed by atoms with Crippen LogP contribution in [0.25, 0.3) is 22.0 Å². The van der Waals surface area contributed by atoms with E-state index in [4.69, 9.17) is 11.6 Å². The van der Waals surface area contributed by atoms with Crippen LogP contribution in [0.5, 0.6) is 0 Å². The van der Waals surface area contributed by atoms with Crippen LogP contribution in [0.3, 0.4) is 0 Å². The third-order valence-corrected chi connectivity index (χ3v) is 6.41. The first-order valence-electron chi connectivity index (χ1n) is 11.9. The molecule has 4 N–H and O–H groups in total. The van der Waals surface area contributed by atoms with Gasteiger partial charge in [-0.15, -0.1) is 0 Å². The van der Waals surface area contributed by atoms with Crippen LogP contribution in [0.15, 0.2) is 65.6 Å². The van der Waals surface area contributed by atoms with Gasteiger partial charge < -0.3 is 20.2 Å². The van der Waals surface area contributed by atoms with E-state index in [1.807, 2.05) is 31.6 Å². The predicted octanol–water partition coefficient (Wildman–Crippen LogP) is 4.94. The molecule has 2 aromatic carbocycles. The second kappa shape index (κ2) is 11.6. The highest BCUT2D eigenvalue weighted by Crippen LogP contribution is 2.36. The fourth-order valence-electron chi connectivity index (χ4n) is 4.27. The molecule has 0 bridgehead atoms. The third-order valence-electron chi connectivity index (χ3n) is 5.62. The Labute approximate surface area is 237 Å². The molecule has 4 rings (SSSR count). The van der Waals surface area contributed by atoms with Crippen LogP contribution >= 0.6 is 11.6 Å². The third kappa shape index (κ3) is 7.10. The van der Waals surface area contributed by atoms with Gasteiger partial charge in [0.2, 0.25) is 10.0 Å². The summed E-state index contributed by atoms with van der Waals surface area (Å²) in [6, 6.07) is 14.8. The Morgan fingerprint density at radius 3 is 2.42 bits per heavy atom. The lowest BCUT2D eigenvalue weighted by atomic mass is 10.0. The van der Waals surface area contributed by atoms with Crippen LogP contribution in [-0.2, 0) is 16.6 Å². The summed E-state index contributed by atoms with van der Waals surface area (Å²) in [4.78, 5) is 41.3. The van der Waals surface area contributed by atoms with E-state index >= 15 is 0 Å². The molecule has 12 heteroatoms. The minimum absolute atomic E-state index is 0. The average molecular weight is 586 g/mol. The molecule has 4 aromatic rings. The first-order chi connectivity index (χ1) is 18.2. The highest BCUT2D eigenvalue weighted by atomic mass is 35.5. The Bertz CT molecular complexity index is 1750. The van der Waals surface area contributed by atoms with E-state index in [0.717, 1.165) is 6.26 Å². The monoisotopic (exact) mass is 585 g/mol. The molecule has 3 amide bonds. The summed E-state index contributed by atoms with van der Waals surface area (Å²) in [5, 5.41) is 6.50. The summed E-state index contributed by atoms with van der Waals surface area (Å²) in [6.07, 6.45) is 2.34. The second-order valence-corrected chi connectivity index (χ2v) is 12.3. The summed E-state index contributed by atoms with van der Waals surface area (Å²) >= 11 is 6.30. The average Bonchev–Trinajstić information content (AvgIpc) is 3.10. The number of pyridine rings is 1. The smallest absolute Gasteiger partial charge is 0.319 e. The summed E-state index contributed by atoms with van der Waals surface area (Å²) in [5.74, 6) is -0.901. The van der Waals surface area contributed by atoms with Gasteiger partial charge in [0, 0.05) is 51.0 Å². The maximum Gasteiger partial charge on any atom is 0.319 e. The van der Waals surface area contributed by atoms with Gasteiger partial charge in [-0.25, -0.2) is 17.9 Å². The largest absolute Gasteiger partial charge is 0.333 e. The molecule has 0 unspecified atom stereocenters. The van der Waals surface area contributed by atoms with Crippen molar-refractivity contribution in [2.24, 2.45) is 0 Å². The van der Waals surface area contributed by atoms with Gasteiger partial charge in [0.1, 0.15) is 5.69 Å². The molecule has 40 heavy (non-hydrogen) atoms. The fraction of sp³-hybridized carbons (Fsp3) is 0.250. The Kier molecular flexibility index (Phi) is 8.81. The van der Waals surface area contributed by atoms with Crippen molar-refractivity contribution in [1.82, 2.24) is 19.6 Å². The zero-order valence-corrected chi connectivity index (χ0v) is 23.3. The number of carbonyl (C=O) groups excluding carboxylic acids is 2. The van der Waals surface area contributed by atoms with Gasteiger partial charge in [0.25, 0.3) is 11.5 Å². The first-order valence-corrected chi connectivity index (χ1v) is 14.2. The molecule has 2 heterocycles. The number of hydrogen-bond acceptors (Lipinski definition) is 5. The molecule has 0 radical (unpaired) electrons. The van der Waals surface area contributed by atoms with E-state index in [1.165, 1.54) is 6.20 Å². The number of halogens is 1. The molecule has 10 nitrogen and oxygen atoms in total. The number of aromatic nitrogens is 2. The van der Waals surface area contributed by atoms with Crippen molar-refractivity contribution in [3.63, 3.8) is 0 Å². The fourth-order valence-corrected chi connectivity index (χ4v) is 4.87. The molecule has 0 aliphatic heterocycles. The van der Waals surface area contributed by atoms with Crippen molar-refractivity contribution < 1.29 is 18.0 Å². The number of aromatic amines is 1. The van der Waals surface area contributed by atoms with Crippen LogP contribution in [0.4, 0.5) is 10.5 Å². The maximum absolute atomic E-state index is 13.5. The molecule has 0 aliphatic rings. The highest BCUT2D eigenvalue weighted by Gasteiger charge is 2.27. The number of hydrogen-bond donors (Lipinski definition) is 4. The van der Waals surface area contributed by atoms with Crippen LogP contribution in [0.1, 0.15) is 44.2 Å².